The molecule has 1 rings (SSSR count). The van der Waals surface area contributed by atoms with Crippen molar-refractivity contribution in [1.29, 1.82) is 0 Å². The molecule has 90 valence electrons. The van der Waals surface area contributed by atoms with E-state index in [1.54, 1.807) is 6.20 Å². The topological polar surface area (TPSA) is 81.2 Å². The van der Waals surface area contributed by atoms with E-state index in [1.165, 1.54) is 0 Å². The van der Waals surface area contributed by atoms with Crippen LogP contribution in [0, 0.1) is 12.8 Å². The highest BCUT2D eigenvalue weighted by molar-refractivity contribution is 5.81. The standard InChI is InChI=1S/C11H19N3O2/c1-4-7(2)10(12)11(15)14-6-9-13-5-8(3)16-9/h5,7,10H,4,6,12H2,1-3H3,(H,14,15)/t7?,10-/m0/s1. The minimum atomic E-state index is -0.471. The summed E-state index contributed by atoms with van der Waals surface area (Å²) >= 11 is 0. The van der Waals surface area contributed by atoms with Gasteiger partial charge in [-0.25, -0.2) is 4.98 Å². The van der Waals surface area contributed by atoms with Crippen molar-refractivity contribution in [1.82, 2.24) is 10.3 Å². The first-order chi connectivity index (χ1) is 7.54. The van der Waals surface area contributed by atoms with E-state index >= 15 is 0 Å². The molecule has 0 spiro atoms. The van der Waals surface area contributed by atoms with Gasteiger partial charge in [-0.1, -0.05) is 20.3 Å². The zero-order valence-corrected chi connectivity index (χ0v) is 9.99. The van der Waals surface area contributed by atoms with Crippen LogP contribution in [0.4, 0.5) is 0 Å². The molecule has 0 aliphatic rings. The first-order valence-corrected chi connectivity index (χ1v) is 5.49. The molecule has 1 aromatic heterocycles. The number of nitrogens with two attached hydrogens (primary N) is 1. The van der Waals surface area contributed by atoms with Crippen LogP contribution in [-0.4, -0.2) is 16.9 Å². The van der Waals surface area contributed by atoms with E-state index in [-0.39, 0.29) is 18.4 Å². The minimum absolute atomic E-state index is 0.162. The molecule has 1 unspecified atom stereocenters. The van der Waals surface area contributed by atoms with Crippen LogP contribution in [0.25, 0.3) is 0 Å². The Morgan fingerprint density at radius 3 is 2.88 bits per heavy atom. The van der Waals surface area contributed by atoms with E-state index in [2.05, 4.69) is 10.3 Å². The van der Waals surface area contributed by atoms with Crippen LogP contribution in [0.5, 0.6) is 0 Å². The number of aromatic nitrogens is 1. The van der Waals surface area contributed by atoms with Gasteiger partial charge in [0, 0.05) is 0 Å². The zero-order chi connectivity index (χ0) is 12.1. The molecule has 1 heterocycles. The van der Waals surface area contributed by atoms with Gasteiger partial charge >= 0.3 is 0 Å². The zero-order valence-electron chi connectivity index (χ0n) is 9.99. The van der Waals surface area contributed by atoms with Gasteiger partial charge in [0.2, 0.25) is 11.8 Å². The van der Waals surface area contributed by atoms with Crippen molar-refractivity contribution in [2.75, 3.05) is 0 Å². The summed E-state index contributed by atoms with van der Waals surface area (Å²) in [7, 11) is 0. The predicted octanol–water partition coefficient (Wildman–Crippen LogP) is 0.973. The van der Waals surface area contributed by atoms with E-state index in [0.29, 0.717) is 5.89 Å². The number of carbonyl (C=O) groups is 1. The van der Waals surface area contributed by atoms with Gasteiger partial charge in [-0.2, -0.15) is 0 Å². The molecule has 0 radical (unpaired) electrons. The number of carbonyl (C=O) groups excluding carboxylic acids is 1. The molecule has 0 fully saturated rings. The third-order valence-corrected chi connectivity index (χ3v) is 2.64. The maximum Gasteiger partial charge on any atom is 0.237 e. The smallest absolute Gasteiger partial charge is 0.237 e. The molecular formula is C11H19N3O2. The van der Waals surface area contributed by atoms with Crippen LogP contribution < -0.4 is 11.1 Å². The molecule has 0 saturated carbocycles. The first-order valence-electron chi connectivity index (χ1n) is 5.49. The van der Waals surface area contributed by atoms with Crippen LogP contribution in [0.2, 0.25) is 0 Å². The molecule has 5 nitrogen and oxygen atoms in total. The van der Waals surface area contributed by atoms with Gasteiger partial charge < -0.3 is 15.5 Å². The number of amides is 1. The summed E-state index contributed by atoms with van der Waals surface area (Å²) in [6.45, 7) is 6.06. The SMILES string of the molecule is CCC(C)[C@H](N)C(=O)NCc1ncc(C)o1. The van der Waals surface area contributed by atoms with E-state index in [9.17, 15) is 4.79 Å². The fourth-order valence-corrected chi connectivity index (χ4v) is 1.28. The summed E-state index contributed by atoms with van der Waals surface area (Å²) in [5.41, 5.74) is 5.78. The van der Waals surface area contributed by atoms with Crippen molar-refractivity contribution in [3.8, 4) is 0 Å². The van der Waals surface area contributed by atoms with Crippen molar-refractivity contribution in [2.24, 2.45) is 11.7 Å². The fraction of sp³-hybridized carbons (Fsp3) is 0.636. The Hall–Kier alpha value is -1.36. The van der Waals surface area contributed by atoms with Crippen LogP contribution >= 0.6 is 0 Å². The average Bonchev–Trinajstić information content (AvgIpc) is 2.69. The molecule has 0 aliphatic heterocycles. The van der Waals surface area contributed by atoms with E-state index < -0.39 is 6.04 Å². The highest BCUT2D eigenvalue weighted by Crippen LogP contribution is 2.06. The van der Waals surface area contributed by atoms with Crippen molar-refractivity contribution in [3.63, 3.8) is 0 Å². The second kappa shape index (κ2) is 5.65. The van der Waals surface area contributed by atoms with Crippen molar-refractivity contribution >= 4 is 5.91 Å². The van der Waals surface area contributed by atoms with Crippen LogP contribution in [-0.2, 0) is 11.3 Å². The average molecular weight is 225 g/mol. The summed E-state index contributed by atoms with van der Waals surface area (Å²) in [5, 5.41) is 2.71. The molecule has 1 aromatic rings. The van der Waals surface area contributed by atoms with Crippen molar-refractivity contribution in [2.45, 2.75) is 39.8 Å². The number of nitrogens with zero attached hydrogens (tertiary/aromatic N) is 1. The number of rotatable bonds is 5. The van der Waals surface area contributed by atoms with Gasteiger partial charge in [0.25, 0.3) is 0 Å². The third kappa shape index (κ3) is 3.34. The Morgan fingerprint density at radius 1 is 1.69 bits per heavy atom. The molecule has 2 atom stereocenters. The van der Waals surface area contributed by atoms with Crippen molar-refractivity contribution < 1.29 is 9.21 Å². The summed E-state index contributed by atoms with van der Waals surface area (Å²) in [6.07, 6.45) is 2.50. The lowest BCUT2D eigenvalue weighted by atomic mass is 9.99. The van der Waals surface area contributed by atoms with E-state index in [0.717, 1.165) is 12.2 Å². The van der Waals surface area contributed by atoms with Gasteiger partial charge in [0.05, 0.1) is 18.8 Å². The van der Waals surface area contributed by atoms with Gasteiger partial charge in [0.1, 0.15) is 5.76 Å². The van der Waals surface area contributed by atoms with Gasteiger partial charge in [-0.15, -0.1) is 0 Å². The third-order valence-electron chi connectivity index (χ3n) is 2.64. The summed E-state index contributed by atoms with van der Waals surface area (Å²) < 4.78 is 5.23. The second-order valence-electron chi connectivity index (χ2n) is 3.99. The number of aryl methyl sites for hydroxylation is 1. The first kappa shape index (κ1) is 12.7. The Balaban J connectivity index is 2.40. The monoisotopic (exact) mass is 225 g/mol. The molecule has 1 amide bonds. The minimum Gasteiger partial charge on any atom is -0.444 e. The number of nitrogens with one attached hydrogen (secondary N) is 1. The van der Waals surface area contributed by atoms with Gasteiger partial charge in [0.15, 0.2) is 0 Å². The fourth-order valence-electron chi connectivity index (χ4n) is 1.28. The molecule has 3 N–H and O–H groups in total. The normalized spacial score (nSPS) is 14.5. The lowest BCUT2D eigenvalue weighted by molar-refractivity contribution is -0.123. The number of hydrogen-bond donors (Lipinski definition) is 2. The summed E-state index contributed by atoms with van der Waals surface area (Å²) in [6, 6.07) is -0.471. The van der Waals surface area contributed by atoms with Gasteiger partial charge in [-0.3, -0.25) is 4.79 Å². The maximum atomic E-state index is 11.6. The second-order valence-corrected chi connectivity index (χ2v) is 3.99. The Bertz CT molecular complexity index is 349. The summed E-state index contributed by atoms with van der Waals surface area (Å²) in [5.74, 6) is 1.24. The van der Waals surface area contributed by atoms with Crippen LogP contribution in [0.1, 0.15) is 31.9 Å². The molecule has 0 aromatic carbocycles. The molecule has 0 aliphatic carbocycles. The highest BCUT2D eigenvalue weighted by Gasteiger charge is 2.19. The lowest BCUT2D eigenvalue weighted by Gasteiger charge is -2.16. The van der Waals surface area contributed by atoms with E-state index in [1.807, 2.05) is 20.8 Å². The van der Waals surface area contributed by atoms with E-state index in [4.69, 9.17) is 10.2 Å². The molecular weight excluding hydrogens is 206 g/mol. The molecule has 5 heteroatoms. The van der Waals surface area contributed by atoms with Gasteiger partial charge in [-0.05, 0) is 12.8 Å². The highest BCUT2D eigenvalue weighted by atomic mass is 16.4. The number of hydrogen-bond acceptors (Lipinski definition) is 4. The number of oxazole rings is 1. The quantitative estimate of drug-likeness (QED) is 0.782. The van der Waals surface area contributed by atoms with Crippen LogP contribution in [0.15, 0.2) is 10.6 Å². The Kier molecular flexibility index (Phi) is 4.49. The lowest BCUT2D eigenvalue weighted by Crippen LogP contribution is -2.44. The van der Waals surface area contributed by atoms with Crippen LogP contribution in [0.3, 0.4) is 0 Å². The predicted molar refractivity (Wildman–Crippen MR) is 60.5 cm³/mol. The Labute approximate surface area is 95.4 Å². The summed E-state index contributed by atoms with van der Waals surface area (Å²) in [4.78, 5) is 15.6. The maximum absolute atomic E-state index is 11.6. The molecule has 0 bridgehead atoms. The van der Waals surface area contributed by atoms with Crippen molar-refractivity contribution in [3.05, 3.63) is 17.8 Å². The molecule has 16 heavy (non-hydrogen) atoms. The largest absolute Gasteiger partial charge is 0.444 e. The Morgan fingerprint density at radius 2 is 2.38 bits per heavy atom. The molecule has 0 saturated heterocycles.